The standard InChI is InChI=1S/C13H16N4OS/c14-13(18)17-5-3-9(4-6-17)10-8-11(16-15-10)12-2-1-7-19-12/h1-2,7-9H,3-6H2,(H2,14,18)(H,15,16). The number of primary amides is 1. The number of nitrogens with two attached hydrogens (primary N) is 1. The van der Waals surface area contributed by atoms with Gasteiger partial charge >= 0.3 is 6.03 Å². The molecule has 100 valence electrons. The van der Waals surface area contributed by atoms with E-state index in [1.807, 2.05) is 6.07 Å². The second-order valence-corrected chi connectivity index (χ2v) is 5.73. The molecule has 6 heteroatoms. The number of carbonyl (C=O) groups is 1. The van der Waals surface area contributed by atoms with Crippen molar-refractivity contribution in [1.82, 2.24) is 15.1 Å². The van der Waals surface area contributed by atoms with E-state index in [1.54, 1.807) is 16.2 Å². The molecule has 1 saturated heterocycles. The van der Waals surface area contributed by atoms with Crippen LogP contribution in [-0.4, -0.2) is 34.2 Å². The Kier molecular flexibility index (Phi) is 3.25. The Bertz CT molecular complexity index is 555. The van der Waals surface area contributed by atoms with Crippen LogP contribution in [0, 0.1) is 0 Å². The molecule has 0 atom stereocenters. The molecule has 0 saturated carbocycles. The van der Waals surface area contributed by atoms with E-state index in [-0.39, 0.29) is 6.03 Å². The molecule has 0 spiro atoms. The van der Waals surface area contributed by atoms with Crippen molar-refractivity contribution < 1.29 is 4.79 Å². The predicted molar refractivity (Wildman–Crippen MR) is 75.0 cm³/mol. The molecule has 0 bridgehead atoms. The van der Waals surface area contributed by atoms with E-state index in [9.17, 15) is 4.79 Å². The highest BCUT2D eigenvalue weighted by atomic mass is 32.1. The molecule has 0 radical (unpaired) electrons. The second-order valence-electron chi connectivity index (χ2n) is 4.79. The van der Waals surface area contributed by atoms with E-state index in [0.717, 1.165) is 37.3 Å². The zero-order valence-electron chi connectivity index (χ0n) is 10.5. The summed E-state index contributed by atoms with van der Waals surface area (Å²) in [4.78, 5) is 14.0. The molecule has 3 rings (SSSR count). The van der Waals surface area contributed by atoms with Crippen LogP contribution in [0.5, 0.6) is 0 Å². The van der Waals surface area contributed by atoms with Crippen molar-refractivity contribution in [2.24, 2.45) is 5.73 Å². The van der Waals surface area contributed by atoms with E-state index in [1.165, 1.54) is 4.88 Å². The fraction of sp³-hybridized carbons (Fsp3) is 0.385. The van der Waals surface area contributed by atoms with Gasteiger partial charge in [-0.3, -0.25) is 5.10 Å². The molecule has 0 aliphatic carbocycles. The summed E-state index contributed by atoms with van der Waals surface area (Å²) in [6.07, 6.45) is 1.88. The number of nitrogens with one attached hydrogen (secondary N) is 1. The highest BCUT2D eigenvalue weighted by molar-refractivity contribution is 7.13. The van der Waals surface area contributed by atoms with Crippen LogP contribution in [0.2, 0.25) is 0 Å². The molecule has 2 aromatic heterocycles. The van der Waals surface area contributed by atoms with Crippen molar-refractivity contribution in [1.29, 1.82) is 0 Å². The van der Waals surface area contributed by atoms with Crippen LogP contribution in [0.3, 0.4) is 0 Å². The average molecular weight is 276 g/mol. The Hall–Kier alpha value is -1.82. The Labute approximate surface area is 115 Å². The number of amides is 2. The number of nitrogens with zero attached hydrogens (tertiary/aromatic N) is 2. The molecule has 3 heterocycles. The van der Waals surface area contributed by atoms with Crippen LogP contribution in [0.4, 0.5) is 4.79 Å². The molecule has 2 amide bonds. The molecule has 5 nitrogen and oxygen atoms in total. The molecule has 3 N–H and O–H groups in total. The summed E-state index contributed by atoms with van der Waals surface area (Å²) in [5, 5.41) is 9.55. The smallest absolute Gasteiger partial charge is 0.314 e. The van der Waals surface area contributed by atoms with Gasteiger partial charge in [-0.1, -0.05) is 6.07 Å². The molecule has 0 aromatic carbocycles. The molecule has 1 fully saturated rings. The molecular weight excluding hydrogens is 260 g/mol. The van der Waals surface area contributed by atoms with Gasteiger partial charge in [0, 0.05) is 24.7 Å². The third kappa shape index (κ3) is 2.49. The van der Waals surface area contributed by atoms with Crippen LogP contribution < -0.4 is 5.73 Å². The first-order valence-electron chi connectivity index (χ1n) is 6.37. The Morgan fingerprint density at radius 2 is 2.26 bits per heavy atom. The number of rotatable bonds is 2. The summed E-state index contributed by atoms with van der Waals surface area (Å²) in [5.74, 6) is 0.441. The fourth-order valence-corrected chi connectivity index (χ4v) is 3.19. The summed E-state index contributed by atoms with van der Waals surface area (Å²) in [7, 11) is 0. The highest BCUT2D eigenvalue weighted by Gasteiger charge is 2.23. The fourth-order valence-electron chi connectivity index (χ4n) is 2.51. The first-order valence-corrected chi connectivity index (χ1v) is 7.25. The van der Waals surface area contributed by atoms with Gasteiger partial charge in [0.1, 0.15) is 5.69 Å². The molecule has 1 aliphatic heterocycles. The van der Waals surface area contributed by atoms with Gasteiger partial charge in [-0.05, 0) is 30.4 Å². The van der Waals surface area contributed by atoms with Gasteiger partial charge in [-0.25, -0.2) is 4.79 Å². The SMILES string of the molecule is NC(=O)N1CCC(c2cc(-c3cccs3)n[nH]2)CC1. The number of urea groups is 1. The topological polar surface area (TPSA) is 75.0 Å². The van der Waals surface area contributed by atoms with E-state index < -0.39 is 0 Å². The van der Waals surface area contributed by atoms with E-state index in [2.05, 4.69) is 27.7 Å². The van der Waals surface area contributed by atoms with Crippen molar-refractivity contribution in [2.45, 2.75) is 18.8 Å². The van der Waals surface area contributed by atoms with Crippen LogP contribution in [0.15, 0.2) is 23.6 Å². The first kappa shape index (κ1) is 12.2. The number of aromatic nitrogens is 2. The Morgan fingerprint density at radius 3 is 2.89 bits per heavy atom. The van der Waals surface area contributed by atoms with Crippen molar-refractivity contribution in [3.05, 3.63) is 29.3 Å². The predicted octanol–water partition coefficient (Wildman–Crippen LogP) is 2.40. The quantitative estimate of drug-likeness (QED) is 0.883. The Morgan fingerprint density at radius 1 is 1.47 bits per heavy atom. The van der Waals surface area contributed by atoms with Crippen molar-refractivity contribution in [3.63, 3.8) is 0 Å². The zero-order valence-corrected chi connectivity index (χ0v) is 11.3. The number of likely N-dealkylation sites (tertiary alicyclic amines) is 1. The monoisotopic (exact) mass is 276 g/mol. The van der Waals surface area contributed by atoms with Gasteiger partial charge in [0.15, 0.2) is 0 Å². The largest absolute Gasteiger partial charge is 0.351 e. The lowest BCUT2D eigenvalue weighted by Crippen LogP contribution is -2.41. The lowest BCUT2D eigenvalue weighted by atomic mass is 9.93. The number of carbonyl (C=O) groups excluding carboxylic acids is 1. The van der Waals surface area contributed by atoms with E-state index in [4.69, 9.17) is 5.73 Å². The van der Waals surface area contributed by atoms with Crippen LogP contribution in [0.1, 0.15) is 24.5 Å². The number of hydrogen-bond donors (Lipinski definition) is 2. The number of H-pyrrole nitrogens is 1. The summed E-state index contributed by atoms with van der Waals surface area (Å²) >= 11 is 1.69. The van der Waals surface area contributed by atoms with Crippen LogP contribution in [0.25, 0.3) is 10.6 Å². The van der Waals surface area contributed by atoms with Crippen molar-refractivity contribution >= 4 is 17.4 Å². The van der Waals surface area contributed by atoms with Gasteiger partial charge in [0.2, 0.25) is 0 Å². The average Bonchev–Trinajstić information content (AvgIpc) is 3.10. The summed E-state index contributed by atoms with van der Waals surface area (Å²) < 4.78 is 0. The molecule has 1 aliphatic rings. The number of piperidine rings is 1. The maximum atomic E-state index is 11.1. The van der Waals surface area contributed by atoms with E-state index >= 15 is 0 Å². The molecule has 19 heavy (non-hydrogen) atoms. The molecule has 0 unspecified atom stereocenters. The lowest BCUT2D eigenvalue weighted by molar-refractivity contribution is 0.190. The molecule has 2 aromatic rings. The van der Waals surface area contributed by atoms with Crippen LogP contribution >= 0.6 is 11.3 Å². The van der Waals surface area contributed by atoms with Gasteiger partial charge in [-0.2, -0.15) is 5.10 Å². The van der Waals surface area contributed by atoms with Crippen molar-refractivity contribution in [3.8, 4) is 10.6 Å². The third-order valence-corrected chi connectivity index (χ3v) is 4.51. The number of aromatic amines is 1. The highest BCUT2D eigenvalue weighted by Crippen LogP contribution is 2.30. The third-order valence-electron chi connectivity index (χ3n) is 3.62. The van der Waals surface area contributed by atoms with Crippen LogP contribution in [-0.2, 0) is 0 Å². The summed E-state index contributed by atoms with van der Waals surface area (Å²) in [5.41, 5.74) is 7.45. The maximum absolute atomic E-state index is 11.1. The van der Waals surface area contributed by atoms with E-state index in [0.29, 0.717) is 5.92 Å². The minimum absolute atomic E-state index is 0.317. The van der Waals surface area contributed by atoms with Crippen molar-refractivity contribution in [2.75, 3.05) is 13.1 Å². The minimum atomic E-state index is -0.317. The van der Waals surface area contributed by atoms with Gasteiger partial charge in [0.05, 0.1) is 4.88 Å². The van der Waals surface area contributed by atoms with Gasteiger partial charge in [0.25, 0.3) is 0 Å². The summed E-state index contributed by atoms with van der Waals surface area (Å²) in [6.45, 7) is 1.46. The first-order chi connectivity index (χ1) is 9.24. The number of thiophene rings is 1. The van der Waals surface area contributed by atoms with Gasteiger partial charge < -0.3 is 10.6 Å². The minimum Gasteiger partial charge on any atom is -0.351 e. The Balaban J connectivity index is 1.69. The summed E-state index contributed by atoms with van der Waals surface area (Å²) in [6, 6.07) is 5.90. The second kappa shape index (κ2) is 5.05. The lowest BCUT2D eigenvalue weighted by Gasteiger charge is -2.29. The maximum Gasteiger partial charge on any atom is 0.314 e. The zero-order chi connectivity index (χ0) is 13.2. The normalized spacial score (nSPS) is 16.7. The molecular formula is C13H16N4OS. The number of hydrogen-bond acceptors (Lipinski definition) is 3. The van der Waals surface area contributed by atoms with Gasteiger partial charge in [-0.15, -0.1) is 11.3 Å².